The van der Waals surface area contributed by atoms with E-state index in [1.54, 1.807) is 0 Å². The molecule has 0 aromatic heterocycles. The van der Waals surface area contributed by atoms with Gasteiger partial charge < -0.3 is 16.0 Å². The number of guanidine groups is 1. The number of nitrogens with zero attached hydrogens (tertiary/aromatic N) is 1. The second-order valence-electron chi connectivity index (χ2n) is 6.09. The van der Waals surface area contributed by atoms with E-state index in [9.17, 15) is 4.79 Å². The molecule has 0 aliphatic heterocycles. The van der Waals surface area contributed by atoms with Gasteiger partial charge in [-0.3, -0.25) is 4.79 Å². The van der Waals surface area contributed by atoms with Gasteiger partial charge in [0.15, 0.2) is 5.96 Å². The normalized spacial score (nSPS) is 11.1. The van der Waals surface area contributed by atoms with E-state index in [2.05, 4.69) is 52.1 Å². The minimum Gasteiger partial charge on any atom is -0.357 e. The maximum atomic E-state index is 12.0. The summed E-state index contributed by atoms with van der Waals surface area (Å²) >= 11 is 0. The maximum absolute atomic E-state index is 12.0. The third kappa shape index (κ3) is 6.97. The van der Waals surface area contributed by atoms with Gasteiger partial charge in [0.25, 0.3) is 5.91 Å². The Hall–Kier alpha value is -2.82. The molecule has 0 bridgehead atoms. The third-order valence-electron chi connectivity index (χ3n) is 3.81. The molecule has 26 heavy (non-hydrogen) atoms. The van der Waals surface area contributed by atoms with Crippen molar-refractivity contribution in [2.24, 2.45) is 4.99 Å². The summed E-state index contributed by atoms with van der Waals surface area (Å²) in [6, 6.07) is 17.6. The van der Waals surface area contributed by atoms with Crippen LogP contribution in [0.25, 0.3) is 0 Å². The van der Waals surface area contributed by atoms with Crippen LogP contribution >= 0.6 is 0 Å². The predicted molar refractivity (Wildman–Crippen MR) is 107 cm³/mol. The number of carbonyl (C=O) groups is 1. The molecule has 0 fully saturated rings. The summed E-state index contributed by atoms with van der Waals surface area (Å²) in [5.74, 6) is 0.758. The smallest absolute Gasteiger partial charge is 0.251 e. The zero-order chi connectivity index (χ0) is 18.6. The standard InChI is InChI=1S/C21H28N4O/c1-3-22-21(25-16-18-10-7-9-17(2)15-18)24-14-8-13-23-20(26)19-11-5-4-6-12-19/h4-7,9-12,15H,3,8,13-14,16H2,1-2H3,(H,23,26)(H2,22,24,25). The average molecular weight is 352 g/mol. The number of nitrogens with one attached hydrogen (secondary N) is 3. The van der Waals surface area contributed by atoms with E-state index in [-0.39, 0.29) is 5.91 Å². The summed E-state index contributed by atoms with van der Waals surface area (Å²) in [5.41, 5.74) is 3.12. The molecule has 0 saturated heterocycles. The first kappa shape index (κ1) is 19.5. The fourth-order valence-corrected chi connectivity index (χ4v) is 2.51. The number of hydrogen-bond donors (Lipinski definition) is 3. The van der Waals surface area contributed by atoms with E-state index in [4.69, 9.17) is 0 Å². The molecule has 138 valence electrons. The molecule has 5 heteroatoms. The van der Waals surface area contributed by atoms with Gasteiger partial charge >= 0.3 is 0 Å². The highest BCUT2D eigenvalue weighted by molar-refractivity contribution is 5.94. The molecule has 1 amide bonds. The van der Waals surface area contributed by atoms with Crippen LogP contribution in [0, 0.1) is 6.92 Å². The van der Waals surface area contributed by atoms with Crippen LogP contribution in [0.5, 0.6) is 0 Å². The van der Waals surface area contributed by atoms with Crippen molar-refractivity contribution in [1.29, 1.82) is 0 Å². The van der Waals surface area contributed by atoms with E-state index in [1.165, 1.54) is 11.1 Å². The summed E-state index contributed by atoms with van der Waals surface area (Å²) in [7, 11) is 0. The molecule has 0 spiro atoms. The lowest BCUT2D eigenvalue weighted by molar-refractivity contribution is 0.0953. The van der Waals surface area contributed by atoms with Crippen LogP contribution in [-0.4, -0.2) is 31.5 Å². The highest BCUT2D eigenvalue weighted by atomic mass is 16.1. The number of carbonyl (C=O) groups excluding carboxylic acids is 1. The van der Waals surface area contributed by atoms with Gasteiger partial charge in [-0.2, -0.15) is 0 Å². The molecular weight excluding hydrogens is 324 g/mol. The lowest BCUT2D eigenvalue weighted by atomic mass is 10.1. The van der Waals surface area contributed by atoms with Crippen LogP contribution < -0.4 is 16.0 Å². The van der Waals surface area contributed by atoms with Crippen LogP contribution in [-0.2, 0) is 6.54 Å². The van der Waals surface area contributed by atoms with Crippen molar-refractivity contribution >= 4 is 11.9 Å². The Morgan fingerprint density at radius 1 is 0.962 bits per heavy atom. The fourth-order valence-electron chi connectivity index (χ4n) is 2.51. The topological polar surface area (TPSA) is 65.5 Å². The van der Waals surface area contributed by atoms with E-state index in [0.717, 1.165) is 25.5 Å². The third-order valence-corrected chi connectivity index (χ3v) is 3.81. The SMILES string of the molecule is CCNC(=NCc1cccc(C)c1)NCCCNC(=O)c1ccccc1. The molecule has 0 atom stereocenters. The van der Waals surface area contributed by atoms with Crippen LogP contribution in [0.2, 0.25) is 0 Å². The first-order valence-electron chi connectivity index (χ1n) is 9.10. The van der Waals surface area contributed by atoms with Gasteiger partial charge in [0.2, 0.25) is 0 Å². The van der Waals surface area contributed by atoms with Gasteiger partial charge in [-0.25, -0.2) is 4.99 Å². The largest absolute Gasteiger partial charge is 0.357 e. The minimum atomic E-state index is -0.0365. The Kier molecular flexibility index (Phi) is 8.19. The number of aryl methyl sites for hydroxylation is 1. The van der Waals surface area contributed by atoms with E-state index in [0.29, 0.717) is 18.7 Å². The summed E-state index contributed by atoms with van der Waals surface area (Å²) in [4.78, 5) is 16.6. The Balaban J connectivity index is 1.72. The first-order valence-corrected chi connectivity index (χ1v) is 9.10. The zero-order valence-electron chi connectivity index (χ0n) is 15.6. The first-order chi connectivity index (χ1) is 12.7. The van der Waals surface area contributed by atoms with Gasteiger partial charge in [-0.15, -0.1) is 0 Å². The lowest BCUT2D eigenvalue weighted by Gasteiger charge is -2.12. The zero-order valence-corrected chi connectivity index (χ0v) is 15.6. The summed E-state index contributed by atoms with van der Waals surface area (Å²) in [6.45, 7) is 6.95. The highest BCUT2D eigenvalue weighted by Gasteiger charge is 2.03. The number of aliphatic imine (C=N–C) groups is 1. The van der Waals surface area contributed by atoms with Crippen molar-refractivity contribution < 1.29 is 4.79 Å². The molecule has 0 heterocycles. The van der Waals surface area contributed by atoms with Crippen LogP contribution in [0.4, 0.5) is 0 Å². The van der Waals surface area contributed by atoms with Crippen molar-refractivity contribution in [2.45, 2.75) is 26.8 Å². The molecule has 3 N–H and O–H groups in total. The Bertz CT molecular complexity index is 713. The van der Waals surface area contributed by atoms with Crippen molar-refractivity contribution in [1.82, 2.24) is 16.0 Å². The quantitative estimate of drug-likeness (QED) is 0.389. The number of rotatable bonds is 8. The Morgan fingerprint density at radius 3 is 2.46 bits per heavy atom. The summed E-state index contributed by atoms with van der Waals surface area (Å²) in [5, 5.41) is 9.48. The van der Waals surface area contributed by atoms with E-state index >= 15 is 0 Å². The molecule has 0 radical (unpaired) electrons. The number of hydrogen-bond acceptors (Lipinski definition) is 2. The second kappa shape index (κ2) is 10.9. The van der Waals surface area contributed by atoms with Gasteiger partial charge in [0, 0.05) is 25.2 Å². The Morgan fingerprint density at radius 2 is 1.73 bits per heavy atom. The van der Waals surface area contributed by atoms with Crippen molar-refractivity contribution in [2.75, 3.05) is 19.6 Å². The maximum Gasteiger partial charge on any atom is 0.251 e. The number of benzene rings is 2. The van der Waals surface area contributed by atoms with E-state index < -0.39 is 0 Å². The lowest BCUT2D eigenvalue weighted by Crippen LogP contribution is -2.38. The van der Waals surface area contributed by atoms with Gasteiger partial charge in [-0.05, 0) is 38.0 Å². The molecule has 2 aromatic carbocycles. The fraction of sp³-hybridized carbons (Fsp3) is 0.333. The Labute approximate surface area is 155 Å². The molecule has 5 nitrogen and oxygen atoms in total. The molecule has 0 aliphatic carbocycles. The van der Waals surface area contributed by atoms with Gasteiger partial charge in [0.05, 0.1) is 6.54 Å². The molecule has 0 unspecified atom stereocenters. The molecule has 0 aliphatic rings. The average Bonchev–Trinajstić information content (AvgIpc) is 2.66. The second-order valence-corrected chi connectivity index (χ2v) is 6.09. The highest BCUT2D eigenvalue weighted by Crippen LogP contribution is 2.05. The molecular formula is C21H28N4O. The molecule has 2 aromatic rings. The summed E-state index contributed by atoms with van der Waals surface area (Å²) in [6.07, 6.45) is 0.827. The van der Waals surface area contributed by atoms with Crippen LogP contribution in [0.15, 0.2) is 59.6 Å². The molecule has 0 saturated carbocycles. The summed E-state index contributed by atoms with van der Waals surface area (Å²) < 4.78 is 0. The van der Waals surface area contributed by atoms with Crippen molar-refractivity contribution in [3.63, 3.8) is 0 Å². The monoisotopic (exact) mass is 352 g/mol. The van der Waals surface area contributed by atoms with Gasteiger partial charge in [-0.1, -0.05) is 48.0 Å². The predicted octanol–water partition coefficient (Wildman–Crippen LogP) is 2.87. The van der Waals surface area contributed by atoms with E-state index in [1.807, 2.05) is 37.3 Å². The van der Waals surface area contributed by atoms with Crippen LogP contribution in [0.3, 0.4) is 0 Å². The van der Waals surface area contributed by atoms with Crippen molar-refractivity contribution in [3.05, 3.63) is 71.3 Å². The molecule has 2 rings (SSSR count). The van der Waals surface area contributed by atoms with Crippen molar-refractivity contribution in [3.8, 4) is 0 Å². The van der Waals surface area contributed by atoms with Crippen LogP contribution in [0.1, 0.15) is 34.8 Å². The number of amides is 1. The minimum absolute atomic E-state index is 0.0365. The van der Waals surface area contributed by atoms with Gasteiger partial charge in [0.1, 0.15) is 0 Å².